The maximum absolute atomic E-state index is 5.44. The highest BCUT2D eigenvalue weighted by Crippen LogP contribution is 2.13. The van der Waals surface area contributed by atoms with E-state index in [0.717, 1.165) is 15.5 Å². The van der Waals surface area contributed by atoms with Crippen LogP contribution in [-0.2, 0) is 0 Å². The van der Waals surface area contributed by atoms with Gasteiger partial charge in [0.15, 0.2) is 0 Å². The maximum Gasteiger partial charge on any atom is 0.0449 e. The molecule has 1 rings (SSSR count). The van der Waals surface area contributed by atoms with Crippen LogP contribution in [0.2, 0.25) is 0 Å². The average Bonchev–Trinajstić information content (AvgIpc) is 1.94. The van der Waals surface area contributed by atoms with Crippen molar-refractivity contribution in [2.45, 2.75) is 11.8 Å². The minimum Gasteiger partial charge on any atom is -0.398 e. The van der Waals surface area contributed by atoms with Crippen molar-refractivity contribution in [2.24, 2.45) is 0 Å². The minimum atomic E-state index is 0.732. The van der Waals surface area contributed by atoms with Gasteiger partial charge in [0.25, 0.3) is 0 Å². The first kappa shape index (κ1) is 11.5. The van der Waals surface area contributed by atoms with E-state index in [1.807, 2.05) is 31.2 Å². The van der Waals surface area contributed by atoms with Gasteiger partial charge in [0.1, 0.15) is 0 Å². The van der Waals surface area contributed by atoms with Crippen molar-refractivity contribution in [3.8, 4) is 0 Å². The number of benzene rings is 1. The fourth-order valence-electron chi connectivity index (χ4n) is 0.488. The molecular weight excluding hydrogens is 186 g/mol. The average molecular weight is 199 g/mol. The number of hydrogen-bond donors (Lipinski definition) is 3. The van der Waals surface area contributed by atoms with Crippen molar-refractivity contribution in [1.29, 1.82) is 0 Å². The Morgan fingerprint density at radius 3 is 2.08 bits per heavy atom. The number of nitrogen functional groups attached to an aromatic ring is 1. The van der Waals surface area contributed by atoms with E-state index in [1.165, 1.54) is 0 Å². The Bertz CT molecular complexity index is 233. The van der Waals surface area contributed by atoms with Gasteiger partial charge in [-0.15, -0.1) is 25.3 Å². The van der Waals surface area contributed by atoms with E-state index in [0.29, 0.717) is 0 Å². The number of allylic oxidation sites excluding steroid dienone is 1. The monoisotopic (exact) mass is 199 g/mol. The van der Waals surface area contributed by atoms with Gasteiger partial charge in [-0.3, -0.25) is 0 Å². The Labute approximate surface area is 84.5 Å². The largest absolute Gasteiger partial charge is 0.398 e. The zero-order valence-corrected chi connectivity index (χ0v) is 8.78. The lowest BCUT2D eigenvalue weighted by Crippen LogP contribution is -1.83. The quantitative estimate of drug-likeness (QED) is 0.434. The molecule has 0 saturated carbocycles. The zero-order chi connectivity index (χ0) is 9.56. The van der Waals surface area contributed by atoms with Crippen LogP contribution in [0.3, 0.4) is 0 Å². The van der Waals surface area contributed by atoms with Crippen LogP contribution in [0.5, 0.6) is 0 Å². The normalized spacial score (nSPS) is 8.25. The first-order valence-corrected chi connectivity index (χ1v) is 4.31. The van der Waals surface area contributed by atoms with E-state index in [9.17, 15) is 0 Å². The van der Waals surface area contributed by atoms with E-state index >= 15 is 0 Å². The summed E-state index contributed by atoms with van der Waals surface area (Å²) in [7, 11) is 0. The molecule has 1 nitrogen and oxygen atoms in total. The molecule has 2 N–H and O–H groups in total. The second kappa shape index (κ2) is 6.03. The summed E-state index contributed by atoms with van der Waals surface area (Å²) in [5.41, 5.74) is 6.18. The second-order valence-electron chi connectivity index (χ2n) is 2.29. The SMILES string of the molecule is C=C(C)S.Nc1ccccc1S. The summed E-state index contributed by atoms with van der Waals surface area (Å²) >= 11 is 7.84. The molecule has 0 aromatic heterocycles. The summed E-state index contributed by atoms with van der Waals surface area (Å²) in [6.07, 6.45) is 0. The van der Waals surface area contributed by atoms with Gasteiger partial charge in [-0.05, 0) is 24.0 Å². The van der Waals surface area contributed by atoms with Crippen molar-refractivity contribution in [1.82, 2.24) is 0 Å². The molecule has 0 fully saturated rings. The van der Waals surface area contributed by atoms with Gasteiger partial charge in [0.05, 0.1) is 0 Å². The van der Waals surface area contributed by atoms with Crippen molar-refractivity contribution >= 4 is 30.9 Å². The van der Waals surface area contributed by atoms with Crippen molar-refractivity contribution in [2.75, 3.05) is 5.73 Å². The van der Waals surface area contributed by atoms with Gasteiger partial charge in [0.2, 0.25) is 0 Å². The van der Waals surface area contributed by atoms with Crippen LogP contribution in [-0.4, -0.2) is 0 Å². The van der Waals surface area contributed by atoms with Crippen LogP contribution in [0, 0.1) is 0 Å². The first-order chi connectivity index (χ1) is 5.54. The molecule has 0 aliphatic carbocycles. The number of anilines is 1. The molecule has 0 atom stereocenters. The Balaban J connectivity index is 0.000000261. The van der Waals surface area contributed by atoms with Crippen LogP contribution in [0.1, 0.15) is 6.92 Å². The molecule has 0 amide bonds. The van der Waals surface area contributed by atoms with Crippen LogP contribution >= 0.6 is 25.3 Å². The Morgan fingerprint density at radius 2 is 1.83 bits per heavy atom. The van der Waals surface area contributed by atoms with Crippen LogP contribution < -0.4 is 5.73 Å². The zero-order valence-electron chi connectivity index (χ0n) is 6.99. The topological polar surface area (TPSA) is 26.0 Å². The number of rotatable bonds is 0. The second-order valence-corrected chi connectivity index (χ2v) is 3.54. The number of nitrogens with two attached hydrogens (primary N) is 1. The number of hydrogen-bond acceptors (Lipinski definition) is 3. The lowest BCUT2D eigenvalue weighted by Gasteiger charge is -1.92. The lowest BCUT2D eigenvalue weighted by molar-refractivity contribution is 1.48. The van der Waals surface area contributed by atoms with E-state index in [-0.39, 0.29) is 0 Å². The molecule has 3 heteroatoms. The molecule has 1 aromatic rings. The molecule has 0 aliphatic rings. The van der Waals surface area contributed by atoms with Crippen LogP contribution in [0.25, 0.3) is 0 Å². The Morgan fingerprint density at radius 1 is 1.42 bits per heavy atom. The Hall–Kier alpha value is -0.540. The van der Waals surface area contributed by atoms with Gasteiger partial charge >= 0.3 is 0 Å². The molecule has 0 unspecified atom stereocenters. The lowest BCUT2D eigenvalue weighted by atomic mass is 10.3. The number of thiol groups is 2. The van der Waals surface area contributed by atoms with Crippen LogP contribution in [0.15, 0.2) is 40.6 Å². The smallest absolute Gasteiger partial charge is 0.0449 e. The summed E-state index contributed by atoms with van der Waals surface area (Å²) in [6.45, 7) is 5.26. The molecule has 12 heavy (non-hydrogen) atoms. The van der Waals surface area contributed by atoms with Gasteiger partial charge in [-0.1, -0.05) is 18.7 Å². The third-order valence-electron chi connectivity index (χ3n) is 0.937. The maximum atomic E-state index is 5.44. The third kappa shape index (κ3) is 6.19. The molecule has 0 radical (unpaired) electrons. The summed E-state index contributed by atoms with van der Waals surface area (Å²) in [5, 5.41) is 0. The summed E-state index contributed by atoms with van der Waals surface area (Å²) in [5.74, 6) is 0. The van der Waals surface area contributed by atoms with E-state index in [1.54, 1.807) is 0 Å². The molecule has 66 valence electrons. The van der Waals surface area contributed by atoms with Gasteiger partial charge in [0, 0.05) is 10.6 Å². The molecule has 1 aromatic carbocycles. The third-order valence-corrected chi connectivity index (χ3v) is 1.34. The molecular formula is C9H13NS2. The van der Waals surface area contributed by atoms with Crippen molar-refractivity contribution in [3.05, 3.63) is 35.7 Å². The highest BCUT2D eigenvalue weighted by atomic mass is 32.1. The minimum absolute atomic E-state index is 0.732. The summed E-state index contributed by atoms with van der Waals surface area (Å²) < 4.78 is 0. The molecule has 0 aliphatic heterocycles. The Kier molecular flexibility index (Phi) is 5.76. The predicted molar refractivity (Wildman–Crippen MR) is 61.9 cm³/mol. The molecule has 0 spiro atoms. The van der Waals surface area contributed by atoms with Crippen LogP contribution in [0.4, 0.5) is 5.69 Å². The van der Waals surface area contributed by atoms with Gasteiger partial charge < -0.3 is 5.73 Å². The summed E-state index contributed by atoms with van der Waals surface area (Å²) in [6, 6.07) is 7.47. The van der Waals surface area contributed by atoms with E-state index < -0.39 is 0 Å². The molecule has 0 bridgehead atoms. The standard InChI is InChI=1S/C6H7NS.C3H6S/c7-5-3-1-2-4-6(5)8;1-3(2)4/h1-4,8H,7H2;4H,1H2,2H3. The van der Waals surface area contributed by atoms with E-state index in [2.05, 4.69) is 31.8 Å². The fraction of sp³-hybridized carbons (Fsp3) is 0.111. The fourth-order valence-corrected chi connectivity index (χ4v) is 0.648. The molecule has 0 saturated heterocycles. The van der Waals surface area contributed by atoms with Crippen molar-refractivity contribution in [3.63, 3.8) is 0 Å². The summed E-state index contributed by atoms with van der Waals surface area (Å²) in [4.78, 5) is 1.70. The highest BCUT2D eigenvalue weighted by molar-refractivity contribution is 7.84. The highest BCUT2D eigenvalue weighted by Gasteiger charge is 1.85. The number of para-hydroxylation sites is 1. The van der Waals surface area contributed by atoms with Gasteiger partial charge in [-0.2, -0.15) is 0 Å². The first-order valence-electron chi connectivity index (χ1n) is 3.42. The van der Waals surface area contributed by atoms with Gasteiger partial charge in [-0.25, -0.2) is 0 Å². The van der Waals surface area contributed by atoms with E-state index in [4.69, 9.17) is 5.73 Å². The molecule has 0 heterocycles. The van der Waals surface area contributed by atoms with Crippen molar-refractivity contribution < 1.29 is 0 Å². The predicted octanol–water partition coefficient (Wildman–Crippen LogP) is 3.01.